The van der Waals surface area contributed by atoms with E-state index in [-0.39, 0.29) is 0 Å². The second kappa shape index (κ2) is 6.55. The molecule has 0 spiro atoms. The summed E-state index contributed by atoms with van der Waals surface area (Å²) in [5.74, 6) is 0.513. The zero-order valence-electron chi connectivity index (χ0n) is 11.4. The minimum Gasteiger partial charge on any atom is -0.411 e. The third kappa shape index (κ3) is 3.57. The molecule has 0 aromatic heterocycles. The van der Waals surface area contributed by atoms with Gasteiger partial charge in [-0.15, -0.1) is 0 Å². The lowest BCUT2D eigenvalue weighted by Gasteiger charge is -2.28. The maximum Gasteiger partial charge on any atom is 0.118 e. The van der Waals surface area contributed by atoms with Crippen LogP contribution in [-0.2, 0) is 0 Å². The Morgan fingerprint density at radius 2 is 1.89 bits per heavy atom. The summed E-state index contributed by atoms with van der Waals surface area (Å²) in [7, 11) is 0. The molecule has 0 aliphatic rings. The van der Waals surface area contributed by atoms with Gasteiger partial charge in [-0.3, -0.25) is 0 Å². The largest absolute Gasteiger partial charge is 0.411 e. The van der Waals surface area contributed by atoms with Gasteiger partial charge in [0.2, 0.25) is 0 Å². The fourth-order valence-corrected chi connectivity index (χ4v) is 2.01. The van der Waals surface area contributed by atoms with Gasteiger partial charge in [0.25, 0.3) is 0 Å². The SMILES string of the molecule is CCC(O)(CCC(C)C)C(=NO)c1ccccc1. The number of aliphatic hydroxyl groups is 1. The fraction of sp³-hybridized carbons (Fsp3) is 0.533. The van der Waals surface area contributed by atoms with E-state index in [1.165, 1.54) is 0 Å². The van der Waals surface area contributed by atoms with E-state index in [2.05, 4.69) is 19.0 Å². The molecule has 0 aliphatic carbocycles. The van der Waals surface area contributed by atoms with Crippen LogP contribution in [0.25, 0.3) is 0 Å². The van der Waals surface area contributed by atoms with Crippen molar-refractivity contribution in [1.82, 2.24) is 0 Å². The number of hydrogen-bond acceptors (Lipinski definition) is 3. The van der Waals surface area contributed by atoms with Gasteiger partial charge in [0.1, 0.15) is 11.3 Å². The van der Waals surface area contributed by atoms with E-state index in [4.69, 9.17) is 0 Å². The molecule has 1 unspecified atom stereocenters. The van der Waals surface area contributed by atoms with Gasteiger partial charge in [-0.2, -0.15) is 0 Å². The van der Waals surface area contributed by atoms with Crippen molar-refractivity contribution < 1.29 is 10.3 Å². The number of hydrogen-bond donors (Lipinski definition) is 2. The average molecular weight is 249 g/mol. The van der Waals surface area contributed by atoms with Crippen molar-refractivity contribution in [3.8, 4) is 0 Å². The molecule has 1 rings (SSSR count). The highest BCUT2D eigenvalue weighted by molar-refractivity contribution is 6.06. The van der Waals surface area contributed by atoms with Crippen LogP contribution in [0.3, 0.4) is 0 Å². The van der Waals surface area contributed by atoms with E-state index in [1.54, 1.807) is 0 Å². The van der Waals surface area contributed by atoms with Gasteiger partial charge < -0.3 is 10.3 Å². The Balaban J connectivity index is 2.97. The maximum absolute atomic E-state index is 10.7. The average Bonchev–Trinajstić information content (AvgIpc) is 2.38. The highest BCUT2D eigenvalue weighted by Gasteiger charge is 2.32. The van der Waals surface area contributed by atoms with Crippen LogP contribution in [0.4, 0.5) is 0 Å². The van der Waals surface area contributed by atoms with Crippen molar-refractivity contribution in [1.29, 1.82) is 0 Å². The second-order valence-electron chi connectivity index (χ2n) is 5.13. The van der Waals surface area contributed by atoms with Gasteiger partial charge >= 0.3 is 0 Å². The Hall–Kier alpha value is -1.35. The van der Waals surface area contributed by atoms with Gasteiger partial charge in [-0.05, 0) is 25.2 Å². The Morgan fingerprint density at radius 1 is 1.28 bits per heavy atom. The Labute approximate surface area is 109 Å². The molecule has 2 N–H and O–H groups in total. The van der Waals surface area contributed by atoms with Crippen molar-refractivity contribution >= 4 is 5.71 Å². The van der Waals surface area contributed by atoms with Crippen LogP contribution >= 0.6 is 0 Å². The van der Waals surface area contributed by atoms with Crippen molar-refractivity contribution in [2.75, 3.05) is 0 Å². The molecule has 3 heteroatoms. The maximum atomic E-state index is 10.7. The molecule has 3 nitrogen and oxygen atoms in total. The van der Waals surface area contributed by atoms with Crippen molar-refractivity contribution in [3.05, 3.63) is 35.9 Å². The highest BCUT2D eigenvalue weighted by Crippen LogP contribution is 2.25. The van der Waals surface area contributed by atoms with Gasteiger partial charge in [-0.1, -0.05) is 56.3 Å². The number of benzene rings is 1. The minimum absolute atomic E-state index is 0.367. The molecular weight excluding hydrogens is 226 g/mol. The number of nitrogens with zero attached hydrogens (tertiary/aromatic N) is 1. The molecule has 0 fully saturated rings. The first-order valence-electron chi connectivity index (χ1n) is 6.54. The van der Waals surface area contributed by atoms with Crippen LogP contribution in [0.5, 0.6) is 0 Å². The smallest absolute Gasteiger partial charge is 0.118 e. The molecule has 0 radical (unpaired) electrons. The monoisotopic (exact) mass is 249 g/mol. The molecule has 1 aromatic rings. The van der Waals surface area contributed by atoms with E-state index in [0.717, 1.165) is 12.0 Å². The molecule has 1 atom stereocenters. The molecule has 0 saturated heterocycles. The van der Waals surface area contributed by atoms with Crippen LogP contribution in [0.1, 0.15) is 45.6 Å². The van der Waals surface area contributed by atoms with E-state index in [1.807, 2.05) is 37.3 Å². The Morgan fingerprint density at radius 3 is 2.33 bits per heavy atom. The van der Waals surface area contributed by atoms with Gasteiger partial charge in [0.05, 0.1) is 0 Å². The normalized spacial score (nSPS) is 15.7. The van der Waals surface area contributed by atoms with Gasteiger partial charge in [0, 0.05) is 5.56 Å². The first-order chi connectivity index (χ1) is 8.53. The van der Waals surface area contributed by atoms with E-state index in [0.29, 0.717) is 24.5 Å². The third-order valence-electron chi connectivity index (χ3n) is 3.31. The summed E-state index contributed by atoms with van der Waals surface area (Å²) < 4.78 is 0. The summed E-state index contributed by atoms with van der Waals surface area (Å²) in [6.07, 6.45) is 2.04. The zero-order valence-corrected chi connectivity index (χ0v) is 11.4. The van der Waals surface area contributed by atoms with E-state index in [9.17, 15) is 10.3 Å². The highest BCUT2D eigenvalue weighted by atomic mass is 16.4. The number of oxime groups is 1. The first-order valence-corrected chi connectivity index (χ1v) is 6.54. The molecule has 1 aromatic carbocycles. The van der Waals surface area contributed by atoms with Crippen LogP contribution in [0, 0.1) is 5.92 Å². The summed E-state index contributed by atoms with van der Waals surface area (Å²) in [6.45, 7) is 6.15. The van der Waals surface area contributed by atoms with Gasteiger partial charge in [-0.25, -0.2) is 0 Å². The van der Waals surface area contributed by atoms with Crippen LogP contribution < -0.4 is 0 Å². The van der Waals surface area contributed by atoms with E-state index < -0.39 is 5.60 Å². The third-order valence-corrected chi connectivity index (χ3v) is 3.31. The predicted octanol–water partition coefficient (Wildman–Crippen LogP) is 3.44. The van der Waals surface area contributed by atoms with Crippen molar-refractivity contribution in [2.24, 2.45) is 11.1 Å². The van der Waals surface area contributed by atoms with Crippen molar-refractivity contribution in [3.63, 3.8) is 0 Å². The molecule has 18 heavy (non-hydrogen) atoms. The van der Waals surface area contributed by atoms with Crippen molar-refractivity contribution in [2.45, 2.75) is 45.6 Å². The fourth-order valence-electron chi connectivity index (χ4n) is 2.01. The molecule has 0 amide bonds. The molecule has 0 bridgehead atoms. The summed E-state index contributed by atoms with van der Waals surface area (Å²) in [5.41, 5.74) is 0.0831. The second-order valence-corrected chi connectivity index (χ2v) is 5.13. The Kier molecular flexibility index (Phi) is 5.35. The molecule has 0 heterocycles. The lowest BCUT2D eigenvalue weighted by Crippen LogP contribution is -2.39. The lowest BCUT2D eigenvalue weighted by atomic mass is 9.84. The summed E-state index contributed by atoms with van der Waals surface area (Å²) in [4.78, 5) is 0. The van der Waals surface area contributed by atoms with Crippen LogP contribution in [-0.4, -0.2) is 21.6 Å². The summed E-state index contributed by atoms with van der Waals surface area (Å²) >= 11 is 0. The summed E-state index contributed by atoms with van der Waals surface area (Å²) in [6, 6.07) is 9.35. The van der Waals surface area contributed by atoms with E-state index >= 15 is 0 Å². The minimum atomic E-state index is -1.06. The zero-order chi connectivity index (χ0) is 13.6. The Bertz CT molecular complexity index is 387. The first kappa shape index (κ1) is 14.7. The summed E-state index contributed by atoms with van der Waals surface area (Å²) in [5, 5.41) is 23.3. The molecule has 0 aliphatic heterocycles. The standard InChI is InChI=1S/C15H23NO2/c1-4-15(17,11-10-12(2)3)14(16-18)13-8-6-5-7-9-13/h5-9,12,17-18H,4,10-11H2,1-3H3. The lowest BCUT2D eigenvalue weighted by molar-refractivity contribution is 0.0882. The molecular formula is C15H23NO2. The topological polar surface area (TPSA) is 52.8 Å². The molecule has 0 saturated carbocycles. The predicted molar refractivity (Wildman–Crippen MR) is 74.1 cm³/mol. The van der Waals surface area contributed by atoms with Crippen LogP contribution in [0.2, 0.25) is 0 Å². The number of rotatable bonds is 6. The van der Waals surface area contributed by atoms with Gasteiger partial charge in [0.15, 0.2) is 0 Å². The molecule has 100 valence electrons. The van der Waals surface area contributed by atoms with Crippen LogP contribution in [0.15, 0.2) is 35.5 Å². The quantitative estimate of drug-likeness (QED) is 0.461.